The van der Waals surface area contributed by atoms with Crippen molar-refractivity contribution in [3.63, 3.8) is 0 Å². The van der Waals surface area contributed by atoms with Crippen molar-refractivity contribution in [2.45, 2.75) is 13.0 Å². The second kappa shape index (κ2) is 8.11. The standard InChI is InChI=1S/C20H17N3O7/c24-19(7-6-13-10-17-18(30-12-29-17)11-16(13)23(26)27)28-9-3-8-22-15-5-2-1-4-14(15)21-20(22)25/h1-2,4-7,10-11H,3,8-9,12H2,(H,21,25)/b7-6+. The first kappa shape index (κ1) is 19.2. The molecule has 10 nitrogen and oxygen atoms in total. The van der Waals surface area contributed by atoms with Crippen LogP contribution in [0.1, 0.15) is 12.0 Å². The Bertz CT molecular complexity index is 1210. The molecule has 0 amide bonds. The van der Waals surface area contributed by atoms with E-state index in [0.717, 1.165) is 17.1 Å². The molecule has 0 unspecified atom stereocenters. The zero-order chi connectivity index (χ0) is 21.1. The van der Waals surface area contributed by atoms with Crippen LogP contribution in [0.25, 0.3) is 17.1 Å². The molecule has 154 valence electrons. The molecule has 0 bridgehead atoms. The molecule has 0 radical (unpaired) electrons. The van der Waals surface area contributed by atoms with Crippen molar-refractivity contribution in [2.24, 2.45) is 0 Å². The third kappa shape index (κ3) is 3.88. The third-order valence-electron chi connectivity index (χ3n) is 4.57. The average Bonchev–Trinajstić information content (AvgIpc) is 3.31. The number of para-hydroxylation sites is 2. The van der Waals surface area contributed by atoms with E-state index in [1.54, 1.807) is 4.57 Å². The number of fused-ring (bicyclic) bond motifs is 2. The van der Waals surface area contributed by atoms with E-state index < -0.39 is 10.9 Å². The van der Waals surface area contributed by atoms with Gasteiger partial charge in [-0.15, -0.1) is 0 Å². The van der Waals surface area contributed by atoms with E-state index in [0.29, 0.717) is 18.7 Å². The highest BCUT2D eigenvalue weighted by Gasteiger charge is 2.22. The zero-order valence-electron chi connectivity index (χ0n) is 15.7. The number of carbonyl (C=O) groups excluding carboxylic acids is 1. The number of ether oxygens (including phenoxy) is 3. The zero-order valence-corrected chi connectivity index (χ0v) is 15.7. The van der Waals surface area contributed by atoms with Crippen molar-refractivity contribution in [3.05, 3.63) is 68.6 Å². The Labute approximate surface area is 169 Å². The number of carbonyl (C=O) groups is 1. The molecule has 1 aliphatic heterocycles. The number of aryl methyl sites for hydroxylation is 1. The predicted molar refractivity (Wildman–Crippen MR) is 106 cm³/mol. The summed E-state index contributed by atoms with van der Waals surface area (Å²) in [5.74, 6) is 0.0139. The minimum atomic E-state index is -0.645. The monoisotopic (exact) mass is 411 g/mol. The summed E-state index contributed by atoms with van der Waals surface area (Å²) in [5, 5.41) is 11.2. The fourth-order valence-corrected chi connectivity index (χ4v) is 3.17. The highest BCUT2D eigenvalue weighted by molar-refractivity contribution is 5.88. The molecule has 2 aromatic carbocycles. The summed E-state index contributed by atoms with van der Waals surface area (Å²) in [7, 11) is 0. The van der Waals surface area contributed by atoms with Crippen LogP contribution < -0.4 is 15.2 Å². The number of nitro groups is 1. The summed E-state index contributed by atoms with van der Waals surface area (Å²) in [6.07, 6.45) is 2.85. The third-order valence-corrected chi connectivity index (χ3v) is 4.57. The molecule has 4 rings (SSSR count). The number of nitrogens with zero attached hydrogens (tertiary/aromatic N) is 2. The van der Waals surface area contributed by atoms with Crippen LogP contribution in [-0.2, 0) is 16.1 Å². The maximum atomic E-state index is 12.0. The van der Waals surface area contributed by atoms with Gasteiger partial charge in [-0.2, -0.15) is 0 Å². The van der Waals surface area contributed by atoms with Crippen LogP contribution in [-0.4, -0.2) is 33.8 Å². The second-order valence-corrected chi connectivity index (χ2v) is 6.47. The molecule has 1 N–H and O–H groups in total. The smallest absolute Gasteiger partial charge is 0.330 e. The second-order valence-electron chi connectivity index (χ2n) is 6.47. The van der Waals surface area contributed by atoms with E-state index in [4.69, 9.17) is 14.2 Å². The Kier molecular flexibility index (Phi) is 5.21. The lowest BCUT2D eigenvalue weighted by atomic mass is 10.1. The van der Waals surface area contributed by atoms with E-state index >= 15 is 0 Å². The summed E-state index contributed by atoms with van der Waals surface area (Å²) >= 11 is 0. The first-order valence-electron chi connectivity index (χ1n) is 9.13. The largest absolute Gasteiger partial charge is 0.462 e. The van der Waals surface area contributed by atoms with Gasteiger partial charge in [-0.3, -0.25) is 14.7 Å². The lowest BCUT2D eigenvalue weighted by molar-refractivity contribution is -0.385. The topological polar surface area (TPSA) is 126 Å². The van der Waals surface area contributed by atoms with Crippen molar-refractivity contribution in [1.29, 1.82) is 0 Å². The molecule has 1 aromatic heterocycles. The van der Waals surface area contributed by atoms with Crippen LogP contribution in [0.5, 0.6) is 11.5 Å². The average molecular weight is 411 g/mol. The van der Waals surface area contributed by atoms with Crippen molar-refractivity contribution >= 4 is 28.8 Å². The number of H-pyrrole nitrogens is 1. The SMILES string of the molecule is O=C(/C=C/c1cc2c(cc1[N+](=O)[O-])OCO2)OCCCn1c(=O)[nH]c2ccccc21. The maximum Gasteiger partial charge on any atom is 0.330 e. The van der Waals surface area contributed by atoms with Crippen molar-refractivity contribution in [2.75, 3.05) is 13.4 Å². The van der Waals surface area contributed by atoms with Crippen molar-refractivity contribution < 1.29 is 23.9 Å². The summed E-state index contributed by atoms with van der Waals surface area (Å²) in [4.78, 5) is 37.4. The number of esters is 1. The molecule has 3 aromatic rings. The van der Waals surface area contributed by atoms with Gasteiger partial charge in [0.25, 0.3) is 5.69 Å². The molecule has 0 saturated heterocycles. The van der Waals surface area contributed by atoms with Crippen molar-refractivity contribution in [3.8, 4) is 11.5 Å². The molecule has 1 aliphatic rings. The molecule has 0 fully saturated rings. The number of nitrogens with one attached hydrogen (secondary N) is 1. The number of nitro benzene ring substituents is 1. The van der Waals surface area contributed by atoms with Crippen LogP contribution >= 0.6 is 0 Å². The molecular formula is C20H17N3O7. The predicted octanol–water partition coefficient (Wildman–Crippen LogP) is 2.61. The first-order chi connectivity index (χ1) is 14.5. The summed E-state index contributed by atoms with van der Waals surface area (Å²) in [5.41, 5.74) is 1.29. The molecule has 0 atom stereocenters. The number of rotatable bonds is 7. The van der Waals surface area contributed by atoms with Crippen LogP contribution in [0.15, 0.2) is 47.3 Å². The highest BCUT2D eigenvalue weighted by atomic mass is 16.7. The molecule has 2 heterocycles. The van der Waals surface area contributed by atoms with Gasteiger partial charge >= 0.3 is 11.7 Å². The van der Waals surface area contributed by atoms with E-state index in [1.165, 1.54) is 18.2 Å². The van der Waals surface area contributed by atoms with Gasteiger partial charge < -0.3 is 19.2 Å². The number of aromatic amines is 1. The van der Waals surface area contributed by atoms with Gasteiger partial charge in [0.2, 0.25) is 6.79 Å². The number of benzene rings is 2. The van der Waals surface area contributed by atoms with Gasteiger partial charge in [-0.05, 0) is 30.7 Å². The van der Waals surface area contributed by atoms with Crippen LogP contribution in [0, 0.1) is 10.1 Å². The molecule has 0 aliphatic carbocycles. The first-order valence-corrected chi connectivity index (χ1v) is 9.13. The highest BCUT2D eigenvalue weighted by Crippen LogP contribution is 2.38. The van der Waals surface area contributed by atoms with E-state index in [1.807, 2.05) is 24.3 Å². The van der Waals surface area contributed by atoms with E-state index in [9.17, 15) is 19.7 Å². The Hall–Kier alpha value is -4.08. The van der Waals surface area contributed by atoms with Gasteiger partial charge in [0.05, 0.1) is 34.2 Å². The molecular weight excluding hydrogens is 394 g/mol. The minimum absolute atomic E-state index is 0.0127. The quantitative estimate of drug-likeness (QED) is 0.208. The Morgan fingerprint density at radius 3 is 2.83 bits per heavy atom. The lowest BCUT2D eigenvalue weighted by Gasteiger charge is -2.04. The summed E-state index contributed by atoms with van der Waals surface area (Å²) < 4.78 is 17.1. The number of aromatic nitrogens is 2. The van der Waals surface area contributed by atoms with Gasteiger partial charge in [-0.25, -0.2) is 9.59 Å². The summed E-state index contributed by atoms with van der Waals surface area (Å²) in [6, 6.07) is 10.0. The van der Waals surface area contributed by atoms with Gasteiger partial charge in [0.15, 0.2) is 11.5 Å². The van der Waals surface area contributed by atoms with Gasteiger partial charge in [0, 0.05) is 12.6 Å². The number of imidazole rings is 1. The molecule has 0 spiro atoms. The Morgan fingerprint density at radius 2 is 2.03 bits per heavy atom. The van der Waals surface area contributed by atoms with E-state index in [2.05, 4.69) is 4.98 Å². The summed E-state index contributed by atoms with van der Waals surface area (Å²) in [6.45, 7) is 0.465. The molecule has 30 heavy (non-hydrogen) atoms. The number of hydrogen-bond donors (Lipinski definition) is 1. The molecule has 10 heteroatoms. The van der Waals surface area contributed by atoms with Gasteiger partial charge in [-0.1, -0.05) is 12.1 Å². The van der Waals surface area contributed by atoms with E-state index in [-0.39, 0.29) is 36.1 Å². The normalized spacial score (nSPS) is 12.5. The lowest BCUT2D eigenvalue weighted by Crippen LogP contribution is -2.18. The minimum Gasteiger partial charge on any atom is -0.462 e. The van der Waals surface area contributed by atoms with Crippen molar-refractivity contribution in [1.82, 2.24) is 9.55 Å². The fourth-order valence-electron chi connectivity index (χ4n) is 3.17. The maximum absolute atomic E-state index is 12.0. The van der Waals surface area contributed by atoms with Crippen LogP contribution in [0.2, 0.25) is 0 Å². The number of hydrogen-bond acceptors (Lipinski definition) is 7. The van der Waals surface area contributed by atoms with Crippen LogP contribution in [0.4, 0.5) is 5.69 Å². The Balaban J connectivity index is 1.35. The fraction of sp³-hybridized carbons (Fsp3) is 0.200. The molecule has 0 saturated carbocycles. The van der Waals surface area contributed by atoms with Gasteiger partial charge in [0.1, 0.15) is 0 Å². The van der Waals surface area contributed by atoms with Crippen LogP contribution in [0.3, 0.4) is 0 Å². The Morgan fingerprint density at radius 1 is 1.27 bits per heavy atom.